The summed E-state index contributed by atoms with van der Waals surface area (Å²) in [4.78, 5) is 14.6. The molecule has 0 aliphatic carbocycles. The molecule has 0 atom stereocenters. The molecule has 1 amide bonds. The highest BCUT2D eigenvalue weighted by Crippen LogP contribution is 2.34. The Morgan fingerprint density at radius 1 is 1.20 bits per heavy atom. The zero-order valence-corrected chi connectivity index (χ0v) is 14.4. The summed E-state index contributed by atoms with van der Waals surface area (Å²) < 4.78 is 5.08. The summed E-state index contributed by atoms with van der Waals surface area (Å²) in [6.07, 6.45) is 1.59. The van der Waals surface area contributed by atoms with E-state index in [9.17, 15) is 15.0 Å². The average Bonchev–Trinajstić information content (AvgIpc) is 3.02. The Labute approximate surface area is 145 Å². The molecule has 130 valence electrons. The molecule has 3 rings (SSSR count). The van der Waals surface area contributed by atoms with Gasteiger partial charge in [0.1, 0.15) is 11.5 Å². The lowest BCUT2D eigenvalue weighted by molar-refractivity contribution is 0.0985. The maximum absolute atomic E-state index is 13.0. The minimum atomic E-state index is -0.335. The highest BCUT2D eigenvalue weighted by atomic mass is 16.5. The molecule has 0 bridgehead atoms. The van der Waals surface area contributed by atoms with Crippen molar-refractivity contribution < 1.29 is 19.5 Å². The smallest absolute Gasteiger partial charge is 0.262 e. The first kappa shape index (κ1) is 16.8. The van der Waals surface area contributed by atoms with Gasteiger partial charge in [0.05, 0.1) is 11.8 Å². The van der Waals surface area contributed by atoms with E-state index in [1.54, 1.807) is 29.3 Å². The molecule has 1 aromatic heterocycles. The van der Waals surface area contributed by atoms with Crippen LogP contribution in [0.1, 0.15) is 42.6 Å². The third-order valence-electron chi connectivity index (χ3n) is 4.21. The number of hydrogen-bond acceptors (Lipinski definition) is 5. The quantitative estimate of drug-likeness (QED) is 0.749. The Bertz CT molecular complexity index is 930. The van der Waals surface area contributed by atoms with E-state index in [0.717, 1.165) is 5.39 Å². The van der Waals surface area contributed by atoms with E-state index in [1.165, 1.54) is 6.07 Å². The van der Waals surface area contributed by atoms with Gasteiger partial charge >= 0.3 is 0 Å². The first-order chi connectivity index (χ1) is 11.9. The molecule has 0 spiro atoms. The lowest BCUT2D eigenvalue weighted by Gasteiger charge is -2.22. The predicted octanol–water partition coefficient (Wildman–Crippen LogP) is 4.03. The number of carbonyl (C=O) groups is 1. The number of amides is 1. The van der Waals surface area contributed by atoms with Gasteiger partial charge in [-0.2, -0.15) is 0 Å². The average molecular weight is 340 g/mol. The van der Waals surface area contributed by atoms with E-state index in [4.69, 9.17) is 4.52 Å². The summed E-state index contributed by atoms with van der Waals surface area (Å²) in [6.45, 7) is 6.11. The van der Waals surface area contributed by atoms with Crippen molar-refractivity contribution in [3.05, 3.63) is 47.7 Å². The summed E-state index contributed by atoms with van der Waals surface area (Å²) in [5.41, 5.74) is 2.10. The van der Waals surface area contributed by atoms with Gasteiger partial charge in [-0.3, -0.25) is 4.79 Å². The molecular formula is C19H20N2O4. The number of anilines is 1. The van der Waals surface area contributed by atoms with Crippen molar-refractivity contribution in [3.8, 4) is 11.5 Å². The number of nitrogens with zero attached hydrogens (tertiary/aromatic N) is 2. The number of hydrogen-bond donors (Lipinski definition) is 2. The van der Waals surface area contributed by atoms with Gasteiger partial charge in [-0.25, -0.2) is 0 Å². The van der Waals surface area contributed by atoms with E-state index < -0.39 is 0 Å². The molecule has 6 heteroatoms. The third kappa shape index (κ3) is 3.03. The Morgan fingerprint density at radius 3 is 2.64 bits per heavy atom. The van der Waals surface area contributed by atoms with Crippen LogP contribution in [0.2, 0.25) is 0 Å². The van der Waals surface area contributed by atoms with Crippen molar-refractivity contribution in [3.63, 3.8) is 0 Å². The summed E-state index contributed by atoms with van der Waals surface area (Å²) in [5.74, 6) is -0.567. The van der Waals surface area contributed by atoms with Gasteiger partial charge in [0, 0.05) is 23.7 Å². The number of carbonyl (C=O) groups excluding carboxylic acids is 1. The fraction of sp³-hybridized carbons (Fsp3) is 0.263. The van der Waals surface area contributed by atoms with Crippen molar-refractivity contribution in [2.45, 2.75) is 26.7 Å². The number of phenols is 2. The van der Waals surface area contributed by atoms with Crippen LogP contribution in [0.4, 0.5) is 5.69 Å². The number of benzene rings is 2. The Morgan fingerprint density at radius 2 is 1.96 bits per heavy atom. The minimum Gasteiger partial charge on any atom is -0.508 e. The van der Waals surface area contributed by atoms with Crippen molar-refractivity contribution in [1.82, 2.24) is 5.16 Å². The highest BCUT2D eigenvalue weighted by Gasteiger charge is 2.22. The first-order valence-corrected chi connectivity index (χ1v) is 8.14. The molecule has 3 aromatic rings. The molecule has 2 N–H and O–H groups in total. The molecular weight excluding hydrogens is 320 g/mol. The van der Waals surface area contributed by atoms with E-state index in [0.29, 0.717) is 23.4 Å². The third-order valence-corrected chi connectivity index (χ3v) is 4.21. The van der Waals surface area contributed by atoms with E-state index in [-0.39, 0.29) is 28.9 Å². The lowest BCUT2D eigenvalue weighted by atomic mass is 9.98. The monoisotopic (exact) mass is 340 g/mol. The molecule has 1 heterocycles. The normalized spacial score (nSPS) is 11.2. The summed E-state index contributed by atoms with van der Waals surface area (Å²) in [5, 5.41) is 24.7. The number of phenolic OH excluding ortho intramolecular Hbond substituents is 2. The second-order valence-electron chi connectivity index (χ2n) is 6.18. The van der Waals surface area contributed by atoms with Crippen LogP contribution in [0.5, 0.6) is 11.5 Å². The van der Waals surface area contributed by atoms with Gasteiger partial charge in [-0.15, -0.1) is 0 Å². The second kappa shape index (κ2) is 6.47. The van der Waals surface area contributed by atoms with E-state index in [1.807, 2.05) is 26.8 Å². The lowest BCUT2D eigenvalue weighted by Crippen LogP contribution is -2.30. The molecule has 2 aromatic carbocycles. The van der Waals surface area contributed by atoms with Crippen molar-refractivity contribution >= 4 is 22.6 Å². The number of aromatic nitrogens is 1. The number of aromatic hydroxyl groups is 2. The fourth-order valence-corrected chi connectivity index (χ4v) is 2.84. The van der Waals surface area contributed by atoms with Crippen LogP contribution in [0.25, 0.3) is 11.0 Å². The number of fused-ring (bicyclic) bond motifs is 1. The highest BCUT2D eigenvalue weighted by molar-refractivity contribution is 6.08. The summed E-state index contributed by atoms with van der Waals surface area (Å²) in [7, 11) is 0. The molecule has 0 aliphatic rings. The van der Waals surface area contributed by atoms with Gasteiger partial charge in [-0.05, 0) is 42.7 Å². The van der Waals surface area contributed by atoms with Gasteiger partial charge in [0.2, 0.25) is 0 Å². The van der Waals surface area contributed by atoms with Crippen LogP contribution in [0.3, 0.4) is 0 Å². The molecule has 0 unspecified atom stereocenters. The molecule has 0 saturated carbocycles. The maximum atomic E-state index is 13.0. The van der Waals surface area contributed by atoms with Crippen LogP contribution in [-0.2, 0) is 0 Å². The molecule has 25 heavy (non-hydrogen) atoms. The van der Waals surface area contributed by atoms with Crippen molar-refractivity contribution in [2.75, 3.05) is 11.4 Å². The Kier molecular flexibility index (Phi) is 4.35. The zero-order valence-electron chi connectivity index (χ0n) is 14.4. The van der Waals surface area contributed by atoms with Gasteiger partial charge in [0.25, 0.3) is 5.91 Å². The van der Waals surface area contributed by atoms with Crippen LogP contribution in [-0.4, -0.2) is 27.8 Å². The Hall–Kier alpha value is -3.02. The SMILES string of the molecule is CCN(C(=O)c1cc(C(C)C)c(O)cc1O)c1ccc2oncc2c1. The molecule has 0 saturated heterocycles. The summed E-state index contributed by atoms with van der Waals surface area (Å²) in [6, 6.07) is 8.12. The molecule has 0 fully saturated rings. The minimum absolute atomic E-state index is 0.0158. The van der Waals surface area contributed by atoms with Crippen molar-refractivity contribution in [2.24, 2.45) is 0 Å². The largest absolute Gasteiger partial charge is 0.508 e. The van der Waals surface area contributed by atoms with Crippen LogP contribution in [0, 0.1) is 0 Å². The number of rotatable bonds is 4. The summed E-state index contributed by atoms with van der Waals surface area (Å²) >= 11 is 0. The molecule has 0 aliphatic heterocycles. The standard InChI is InChI=1S/C19H20N2O4/c1-4-21(13-5-6-18-12(7-13)10-20-25-18)19(24)15-8-14(11(2)3)16(22)9-17(15)23/h5-11,22-23H,4H2,1-3H3. The Balaban J connectivity index is 2.04. The van der Waals surface area contributed by atoms with Crippen molar-refractivity contribution in [1.29, 1.82) is 0 Å². The van der Waals surface area contributed by atoms with Gasteiger partial charge < -0.3 is 19.6 Å². The van der Waals surface area contributed by atoms with Gasteiger partial charge in [-0.1, -0.05) is 19.0 Å². The van der Waals surface area contributed by atoms with Gasteiger partial charge in [0.15, 0.2) is 5.58 Å². The molecule has 6 nitrogen and oxygen atoms in total. The second-order valence-corrected chi connectivity index (χ2v) is 6.18. The topological polar surface area (TPSA) is 86.8 Å². The van der Waals surface area contributed by atoms with Crippen LogP contribution < -0.4 is 4.90 Å². The fourth-order valence-electron chi connectivity index (χ4n) is 2.84. The van der Waals surface area contributed by atoms with E-state index >= 15 is 0 Å². The maximum Gasteiger partial charge on any atom is 0.262 e. The predicted molar refractivity (Wildman–Crippen MR) is 95.2 cm³/mol. The van der Waals surface area contributed by atoms with E-state index in [2.05, 4.69) is 5.16 Å². The molecule has 0 radical (unpaired) electrons. The zero-order chi connectivity index (χ0) is 18.1. The first-order valence-electron chi connectivity index (χ1n) is 8.14. The van der Waals surface area contributed by atoms with Crippen LogP contribution in [0.15, 0.2) is 41.1 Å². The van der Waals surface area contributed by atoms with Crippen LogP contribution >= 0.6 is 0 Å².